The number of aryl methyl sites for hydroxylation is 1. The second kappa shape index (κ2) is 9.03. The smallest absolute Gasteiger partial charge is 0.296 e. The van der Waals surface area contributed by atoms with Crippen LogP contribution >= 0.6 is 0 Å². The molecule has 0 bridgehead atoms. The van der Waals surface area contributed by atoms with Crippen molar-refractivity contribution in [2.45, 2.75) is 20.4 Å². The van der Waals surface area contributed by atoms with Crippen molar-refractivity contribution in [3.05, 3.63) is 76.4 Å². The molecule has 9 nitrogen and oxygen atoms in total. The van der Waals surface area contributed by atoms with Gasteiger partial charge in [0.2, 0.25) is 5.91 Å². The number of fused-ring (bicyclic) bond motifs is 1. The Morgan fingerprint density at radius 3 is 2.67 bits per heavy atom. The number of hydrogen-bond donors (Lipinski definition) is 1. The van der Waals surface area contributed by atoms with Crippen LogP contribution in [0.4, 0.5) is 15.8 Å². The van der Waals surface area contributed by atoms with E-state index in [1.165, 1.54) is 28.9 Å². The Morgan fingerprint density at radius 1 is 1.21 bits per heavy atom. The zero-order valence-electron chi connectivity index (χ0n) is 17.9. The normalized spacial score (nSPS) is 10.9. The Bertz CT molecular complexity index is 1350. The van der Waals surface area contributed by atoms with E-state index in [0.29, 0.717) is 23.7 Å². The predicted molar refractivity (Wildman–Crippen MR) is 121 cm³/mol. The molecule has 2 heterocycles. The minimum Gasteiger partial charge on any atom is -0.494 e. The molecule has 33 heavy (non-hydrogen) atoms. The third-order valence-electron chi connectivity index (χ3n) is 5.01. The fraction of sp³-hybridized carbons (Fsp3) is 0.174. The molecular weight excluding hydrogens is 429 g/mol. The van der Waals surface area contributed by atoms with E-state index in [4.69, 9.17) is 4.74 Å². The maximum absolute atomic E-state index is 13.3. The molecule has 0 saturated heterocycles. The predicted octanol–water partition coefficient (Wildman–Crippen LogP) is 4.49. The molecule has 168 valence electrons. The minimum atomic E-state index is -0.581. The van der Waals surface area contributed by atoms with Crippen LogP contribution in [0.25, 0.3) is 22.2 Å². The largest absolute Gasteiger partial charge is 0.494 e. The molecule has 4 aromatic rings. The molecule has 0 atom stereocenters. The third kappa shape index (κ3) is 4.49. The Hall–Kier alpha value is -4.34. The molecule has 0 saturated carbocycles. The van der Waals surface area contributed by atoms with Crippen LogP contribution < -0.4 is 10.1 Å². The molecule has 4 rings (SSSR count). The summed E-state index contributed by atoms with van der Waals surface area (Å²) < 4.78 is 20.1. The summed E-state index contributed by atoms with van der Waals surface area (Å²) in [4.78, 5) is 27.9. The number of nitrogens with zero attached hydrogens (tertiary/aromatic N) is 4. The van der Waals surface area contributed by atoms with E-state index in [0.717, 1.165) is 16.5 Å². The first kappa shape index (κ1) is 21.9. The molecule has 0 aliphatic rings. The molecule has 0 aliphatic heterocycles. The van der Waals surface area contributed by atoms with Crippen molar-refractivity contribution in [1.29, 1.82) is 0 Å². The zero-order valence-corrected chi connectivity index (χ0v) is 17.9. The number of rotatable bonds is 7. The van der Waals surface area contributed by atoms with Gasteiger partial charge in [-0.1, -0.05) is 12.1 Å². The quantitative estimate of drug-likeness (QED) is 0.329. The van der Waals surface area contributed by atoms with Gasteiger partial charge in [0, 0.05) is 11.6 Å². The lowest BCUT2D eigenvalue weighted by atomic mass is 10.0. The number of halogens is 1. The van der Waals surface area contributed by atoms with Crippen LogP contribution in [0.1, 0.15) is 12.6 Å². The Labute approximate surface area is 188 Å². The van der Waals surface area contributed by atoms with E-state index in [2.05, 4.69) is 15.4 Å². The van der Waals surface area contributed by atoms with E-state index in [9.17, 15) is 19.3 Å². The Kier molecular flexibility index (Phi) is 5.99. The van der Waals surface area contributed by atoms with E-state index < -0.39 is 10.8 Å². The Balaban J connectivity index is 1.62. The first-order valence-electron chi connectivity index (χ1n) is 10.2. The summed E-state index contributed by atoms with van der Waals surface area (Å²) in [5.74, 6) is -0.495. The number of carbonyl (C=O) groups is 1. The number of benzene rings is 2. The summed E-state index contributed by atoms with van der Waals surface area (Å²) >= 11 is 0. The summed E-state index contributed by atoms with van der Waals surface area (Å²) in [5.41, 5.74) is 2.52. The number of nitrogens with one attached hydrogen (secondary N) is 1. The second-order valence-corrected chi connectivity index (χ2v) is 7.22. The van der Waals surface area contributed by atoms with E-state index in [-0.39, 0.29) is 23.7 Å². The molecule has 0 spiro atoms. The first-order chi connectivity index (χ1) is 15.9. The van der Waals surface area contributed by atoms with Crippen LogP contribution in [0.2, 0.25) is 0 Å². The highest BCUT2D eigenvalue weighted by Crippen LogP contribution is 2.31. The van der Waals surface area contributed by atoms with Gasteiger partial charge >= 0.3 is 0 Å². The lowest BCUT2D eigenvalue weighted by molar-refractivity contribution is -0.384. The lowest BCUT2D eigenvalue weighted by Crippen LogP contribution is -2.20. The molecule has 1 amide bonds. The number of ether oxygens (including phenoxy) is 1. The van der Waals surface area contributed by atoms with Crippen LogP contribution in [0.5, 0.6) is 5.75 Å². The zero-order chi connectivity index (χ0) is 23.5. The molecule has 1 N–H and O–H groups in total. The first-order valence-corrected chi connectivity index (χ1v) is 10.2. The number of hydrogen-bond acceptors (Lipinski definition) is 6. The SMILES string of the molecule is CCOc1ccc(NC(=O)Cn2nc(C)c3c(-c4ccc(F)cc4)ccnc32)c([N+](=O)[O-])c1. The number of carbonyl (C=O) groups excluding carboxylic acids is 1. The molecule has 2 aromatic heterocycles. The van der Waals surface area contributed by atoms with E-state index in [1.54, 1.807) is 44.3 Å². The molecule has 10 heteroatoms. The number of amides is 1. The van der Waals surface area contributed by atoms with E-state index in [1.807, 2.05) is 0 Å². The summed E-state index contributed by atoms with van der Waals surface area (Å²) in [7, 11) is 0. The van der Waals surface area contributed by atoms with Gasteiger partial charge in [-0.3, -0.25) is 14.9 Å². The van der Waals surface area contributed by atoms with Crippen LogP contribution in [0.3, 0.4) is 0 Å². The van der Waals surface area contributed by atoms with Crippen molar-refractivity contribution in [1.82, 2.24) is 14.8 Å². The van der Waals surface area contributed by atoms with Gasteiger partial charge in [0.1, 0.15) is 23.8 Å². The number of nitro groups is 1. The molecule has 0 radical (unpaired) electrons. The van der Waals surface area contributed by atoms with Crippen molar-refractivity contribution in [2.75, 3.05) is 11.9 Å². The standard InChI is InChI=1S/C23H20FN5O4/c1-3-33-17-8-9-19(20(12-17)29(31)32)26-21(30)13-28-23-22(14(2)27-28)18(10-11-25-23)15-4-6-16(24)7-5-15/h4-12H,3,13H2,1-2H3,(H,26,30). The maximum atomic E-state index is 13.3. The van der Waals surface area contributed by atoms with Gasteiger partial charge in [0.25, 0.3) is 5.69 Å². The van der Waals surface area contributed by atoms with Gasteiger partial charge in [-0.15, -0.1) is 0 Å². The number of anilines is 1. The van der Waals surface area contributed by atoms with E-state index >= 15 is 0 Å². The monoisotopic (exact) mass is 449 g/mol. The summed E-state index contributed by atoms with van der Waals surface area (Å²) in [6, 6.07) is 12.1. The van der Waals surface area contributed by atoms with Gasteiger partial charge in [0.15, 0.2) is 5.65 Å². The average Bonchev–Trinajstić information content (AvgIpc) is 3.10. The lowest BCUT2D eigenvalue weighted by Gasteiger charge is -2.09. The van der Waals surface area contributed by atoms with Gasteiger partial charge in [-0.2, -0.15) is 5.10 Å². The number of aromatic nitrogens is 3. The van der Waals surface area contributed by atoms with Gasteiger partial charge in [-0.25, -0.2) is 14.1 Å². The highest BCUT2D eigenvalue weighted by Gasteiger charge is 2.20. The average molecular weight is 449 g/mol. The van der Waals surface area contributed by atoms with Crippen LogP contribution in [-0.2, 0) is 11.3 Å². The van der Waals surface area contributed by atoms with Crippen molar-refractivity contribution in [2.24, 2.45) is 0 Å². The highest BCUT2D eigenvalue weighted by molar-refractivity contribution is 5.97. The van der Waals surface area contributed by atoms with Crippen LogP contribution in [0.15, 0.2) is 54.7 Å². The molecule has 0 aliphatic carbocycles. The Morgan fingerprint density at radius 2 is 1.97 bits per heavy atom. The van der Waals surface area contributed by atoms with Crippen molar-refractivity contribution < 1.29 is 18.8 Å². The van der Waals surface area contributed by atoms with Crippen molar-refractivity contribution in [3.8, 4) is 16.9 Å². The van der Waals surface area contributed by atoms with Gasteiger partial charge < -0.3 is 10.1 Å². The summed E-state index contributed by atoms with van der Waals surface area (Å²) in [5, 5.41) is 19.2. The van der Waals surface area contributed by atoms with Crippen molar-refractivity contribution >= 4 is 28.3 Å². The van der Waals surface area contributed by atoms with Crippen LogP contribution in [-0.4, -0.2) is 32.2 Å². The number of nitro benzene ring substituents is 1. The molecule has 0 unspecified atom stereocenters. The highest BCUT2D eigenvalue weighted by atomic mass is 19.1. The minimum absolute atomic E-state index is 0.0570. The number of pyridine rings is 1. The molecule has 0 fully saturated rings. The molecular formula is C23H20FN5O4. The fourth-order valence-corrected chi connectivity index (χ4v) is 3.61. The molecule has 2 aromatic carbocycles. The fourth-order valence-electron chi connectivity index (χ4n) is 3.61. The third-order valence-corrected chi connectivity index (χ3v) is 5.01. The van der Waals surface area contributed by atoms with Gasteiger partial charge in [-0.05, 0) is 55.3 Å². The van der Waals surface area contributed by atoms with Gasteiger partial charge in [0.05, 0.1) is 23.3 Å². The summed E-state index contributed by atoms with van der Waals surface area (Å²) in [6.45, 7) is 3.73. The summed E-state index contributed by atoms with van der Waals surface area (Å²) in [6.07, 6.45) is 1.59. The second-order valence-electron chi connectivity index (χ2n) is 7.22. The van der Waals surface area contributed by atoms with Crippen LogP contribution in [0, 0.1) is 22.9 Å². The topological polar surface area (TPSA) is 112 Å². The van der Waals surface area contributed by atoms with Crippen molar-refractivity contribution in [3.63, 3.8) is 0 Å². The maximum Gasteiger partial charge on any atom is 0.296 e.